The highest BCUT2D eigenvalue weighted by Gasteiger charge is 2.24. The summed E-state index contributed by atoms with van der Waals surface area (Å²) in [5, 5.41) is 10.8. The van der Waals surface area contributed by atoms with Crippen LogP contribution >= 0.6 is 0 Å². The van der Waals surface area contributed by atoms with E-state index in [4.69, 9.17) is 14.2 Å². The minimum absolute atomic E-state index is 0.182. The zero-order chi connectivity index (χ0) is 16.0. The highest BCUT2D eigenvalue weighted by molar-refractivity contribution is 5.47. The molecule has 0 fully saturated rings. The molecule has 0 radical (unpaired) electrons. The van der Waals surface area contributed by atoms with Crippen molar-refractivity contribution < 1.29 is 27.9 Å². The number of hydrogen-bond acceptors (Lipinski definition) is 5. The van der Waals surface area contributed by atoms with Gasteiger partial charge in [0, 0.05) is 12.7 Å². The third-order valence-corrected chi connectivity index (χ3v) is 2.51. The minimum atomic E-state index is -1.39. The number of benzene rings is 1. The first-order chi connectivity index (χ1) is 9.86. The Balaban J connectivity index is 2.74. The Morgan fingerprint density at radius 3 is 2.57 bits per heavy atom. The quantitative estimate of drug-likeness (QED) is 0.419. The number of hydrogen-bond donors (Lipinski definition) is 0. The molecule has 6 nitrogen and oxygen atoms in total. The SMILES string of the molecule is CCOC(C)OC(C)COc1c([N+](=O)[O-])ccc(F)c1F. The summed E-state index contributed by atoms with van der Waals surface area (Å²) in [6.45, 7) is 5.37. The molecule has 0 saturated heterocycles. The van der Waals surface area contributed by atoms with Gasteiger partial charge < -0.3 is 14.2 Å². The van der Waals surface area contributed by atoms with Crippen molar-refractivity contribution in [1.82, 2.24) is 0 Å². The van der Waals surface area contributed by atoms with Crippen LogP contribution in [0.5, 0.6) is 5.75 Å². The van der Waals surface area contributed by atoms with Crippen LogP contribution in [0.4, 0.5) is 14.5 Å². The van der Waals surface area contributed by atoms with Crippen molar-refractivity contribution in [2.45, 2.75) is 33.2 Å². The lowest BCUT2D eigenvalue weighted by atomic mass is 10.2. The number of nitro benzene ring substituents is 1. The maximum Gasteiger partial charge on any atom is 0.314 e. The van der Waals surface area contributed by atoms with Crippen LogP contribution in [0.25, 0.3) is 0 Å². The molecule has 0 spiro atoms. The van der Waals surface area contributed by atoms with Gasteiger partial charge in [-0.1, -0.05) is 0 Å². The molecule has 21 heavy (non-hydrogen) atoms. The molecule has 0 aliphatic heterocycles. The van der Waals surface area contributed by atoms with Crippen molar-refractivity contribution in [3.63, 3.8) is 0 Å². The van der Waals surface area contributed by atoms with Gasteiger partial charge in [0.25, 0.3) is 0 Å². The summed E-state index contributed by atoms with van der Waals surface area (Å²) in [6.07, 6.45) is -1.02. The van der Waals surface area contributed by atoms with Crippen molar-refractivity contribution in [3.8, 4) is 5.75 Å². The Labute approximate surface area is 120 Å². The maximum absolute atomic E-state index is 13.6. The molecule has 1 aromatic carbocycles. The molecule has 2 unspecified atom stereocenters. The van der Waals surface area contributed by atoms with E-state index in [-0.39, 0.29) is 6.61 Å². The van der Waals surface area contributed by atoms with Crippen LogP contribution < -0.4 is 4.74 Å². The van der Waals surface area contributed by atoms with E-state index < -0.39 is 40.4 Å². The Bertz CT molecular complexity index is 498. The van der Waals surface area contributed by atoms with E-state index in [9.17, 15) is 18.9 Å². The van der Waals surface area contributed by atoms with E-state index >= 15 is 0 Å². The first-order valence-corrected chi connectivity index (χ1v) is 6.39. The maximum atomic E-state index is 13.6. The standard InChI is InChI=1S/C13H17F2NO5/c1-4-19-9(3)21-8(2)7-20-13-11(16(17)18)6-5-10(14)12(13)15/h5-6,8-9H,4,7H2,1-3H3. The van der Waals surface area contributed by atoms with Gasteiger partial charge in [-0.05, 0) is 26.8 Å². The lowest BCUT2D eigenvalue weighted by molar-refractivity contribution is -0.386. The van der Waals surface area contributed by atoms with E-state index in [0.717, 1.165) is 6.07 Å². The molecule has 1 rings (SSSR count). The highest BCUT2D eigenvalue weighted by Crippen LogP contribution is 2.31. The fourth-order valence-corrected chi connectivity index (χ4v) is 1.64. The van der Waals surface area contributed by atoms with Gasteiger partial charge in [0.15, 0.2) is 12.1 Å². The first-order valence-electron chi connectivity index (χ1n) is 6.39. The third kappa shape index (κ3) is 4.91. The monoisotopic (exact) mass is 305 g/mol. The van der Waals surface area contributed by atoms with Gasteiger partial charge in [0.2, 0.25) is 11.6 Å². The predicted octanol–water partition coefficient (Wildman–Crippen LogP) is 3.04. The fourth-order valence-electron chi connectivity index (χ4n) is 1.64. The summed E-state index contributed by atoms with van der Waals surface area (Å²) in [4.78, 5) is 9.94. The summed E-state index contributed by atoms with van der Waals surface area (Å²) in [5.41, 5.74) is -0.640. The second-order valence-electron chi connectivity index (χ2n) is 4.25. The third-order valence-electron chi connectivity index (χ3n) is 2.51. The van der Waals surface area contributed by atoms with Gasteiger partial charge in [-0.15, -0.1) is 0 Å². The second-order valence-corrected chi connectivity index (χ2v) is 4.25. The minimum Gasteiger partial charge on any atom is -0.482 e. The van der Waals surface area contributed by atoms with E-state index in [1.165, 1.54) is 0 Å². The van der Waals surface area contributed by atoms with E-state index in [1.54, 1.807) is 20.8 Å². The van der Waals surface area contributed by atoms with Crippen LogP contribution in [0.15, 0.2) is 12.1 Å². The predicted molar refractivity (Wildman–Crippen MR) is 70.1 cm³/mol. The molecule has 0 N–H and O–H groups in total. The molecule has 1 aromatic rings. The highest BCUT2D eigenvalue weighted by atomic mass is 19.2. The molecule has 118 valence electrons. The van der Waals surface area contributed by atoms with Gasteiger partial charge in [0.1, 0.15) is 6.61 Å². The molecule has 0 aliphatic rings. The average Bonchev–Trinajstić information content (AvgIpc) is 2.40. The largest absolute Gasteiger partial charge is 0.482 e. The fraction of sp³-hybridized carbons (Fsp3) is 0.538. The molecule has 0 aromatic heterocycles. The summed E-state index contributed by atoms with van der Waals surface area (Å²) < 4.78 is 42.2. The van der Waals surface area contributed by atoms with Gasteiger partial charge in [0.05, 0.1) is 11.0 Å². The van der Waals surface area contributed by atoms with Crippen molar-refractivity contribution in [1.29, 1.82) is 0 Å². The molecule has 0 saturated carbocycles. The summed E-state index contributed by atoms with van der Waals surface area (Å²) >= 11 is 0. The lowest BCUT2D eigenvalue weighted by Crippen LogP contribution is -2.25. The Kier molecular flexibility index (Phi) is 6.44. The molecule has 2 atom stereocenters. The van der Waals surface area contributed by atoms with Gasteiger partial charge in [-0.25, -0.2) is 4.39 Å². The summed E-state index contributed by atoms with van der Waals surface area (Å²) in [6, 6.07) is 1.53. The Morgan fingerprint density at radius 1 is 1.33 bits per heavy atom. The summed E-state index contributed by atoms with van der Waals surface area (Å²) in [5.74, 6) is -3.35. The van der Waals surface area contributed by atoms with Crippen LogP contribution in [0.3, 0.4) is 0 Å². The lowest BCUT2D eigenvalue weighted by Gasteiger charge is -2.19. The van der Waals surface area contributed by atoms with Crippen molar-refractivity contribution in [2.24, 2.45) is 0 Å². The van der Waals surface area contributed by atoms with Crippen LogP contribution in [-0.4, -0.2) is 30.5 Å². The molecule has 0 amide bonds. The zero-order valence-corrected chi connectivity index (χ0v) is 12.0. The average molecular weight is 305 g/mol. The van der Waals surface area contributed by atoms with Crippen LogP contribution in [0.1, 0.15) is 20.8 Å². The second kappa shape index (κ2) is 7.84. The Morgan fingerprint density at radius 2 is 2.00 bits per heavy atom. The topological polar surface area (TPSA) is 70.8 Å². The normalized spacial score (nSPS) is 13.8. The molecule has 0 bridgehead atoms. The number of nitrogens with zero attached hydrogens (tertiary/aromatic N) is 1. The smallest absolute Gasteiger partial charge is 0.314 e. The molecular weight excluding hydrogens is 288 g/mol. The van der Waals surface area contributed by atoms with Gasteiger partial charge in [-0.2, -0.15) is 4.39 Å². The zero-order valence-electron chi connectivity index (χ0n) is 12.0. The summed E-state index contributed by atoms with van der Waals surface area (Å²) in [7, 11) is 0. The van der Waals surface area contributed by atoms with Crippen LogP contribution in [0.2, 0.25) is 0 Å². The van der Waals surface area contributed by atoms with E-state index in [1.807, 2.05) is 0 Å². The molecule has 0 aliphatic carbocycles. The molecule has 8 heteroatoms. The van der Waals surface area contributed by atoms with Crippen molar-refractivity contribution in [3.05, 3.63) is 33.9 Å². The number of ether oxygens (including phenoxy) is 3. The van der Waals surface area contributed by atoms with Crippen molar-refractivity contribution >= 4 is 5.69 Å². The number of halogens is 2. The van der Waals surface area contributed by atoms with Gasteiger partial charge in [-0.3, -0.25) is 10.1 Å². The van der Waals surface area contributed by atoms with E-state index in [0.29, 0.717) is 12.7 Å². The Hall–Kier alpha value is -1.80. The number of nitro groups is 1. The van der Waals surface area contributed by atoms with E-state index in [2.05, 4.69) is 0 Å². The first kappa shape index (κ1) is 17.3. The molecular formula is C13H17F2NO5. The van der Waals surface area contributed by atoms with Crippen molar-refractivity contribution in [2.75, 3.05) is 13.2 Å². The molecule has 0 heterocycles. The van der Waals surface area contributed by atoms with Crippen LogP contribution in [-0.2, 0) is 9.47 Å². The van der Waals surface area contributed by atoms with Gasteiger partial charge >= 0.3 is 5.69 Å². The van der Waals surface area contributed by atoms with Crippen LogP contribution in [0, 0.1) is 21.7 Å². The number of rotatable bonds is 8.